The predicted molar refractivity (Wildman–Crippen MR) is 88.0 cm³/mol. The summed E-state index contributed by atoms with van der Waals surface area (Å²) in [5.74, 6) is 0.398. The Hall–Kier alpha value is -1.23. The van der Waals surface area contributed by atoms with Crippen molar-refractivity contribution in [2.75, 3.05) is 16.8 Å². The average molecular weight is 310 g/mol. The molecule has 1 saturated carbocycles. The summed E-state index contributed by atoms with van der Waals surface area (Å²) in [4.78, 5) is 11.8. The maximum absolute atomic E-state index is 13.5. The van der Waals surface area contributed by atoms with Crippen LogP contribution in [-0.4, -0.2) is 16.9 Å². The number of amides is 1. The Morgan fingerprint density at radius 2 is 2.10 bits per heavy atom. The van der Waals surface area contributed by atoms with Gasteiger partial charge in [0.25, 0.3) is 0 Å². The molecule has 21 heavy (non-hydrogen) atoms. The van der Waals surface area contributed by atoms with Gasteiger partial charge in [-0.25, -0.2) is 4.39 Å². The third kappa shape index (κ3) is 5.58. The highest BCUT2D eigenvalue weighted by atomic mass is 32.2. The largest absolute Gasteiger partial charge is 0.399 e. The van der Waals surface area contributed by atoms with E-state index in [0.29, 0.717) is 12.1 Å². The molecule has 0 unspecified atom stereocenters. The Labute approximate surface area is 129 Å². The van der Waals surface area contributed by atoms with Gasteiger partial charge in [-0.1, -0.05) is 19.3 Å². The summed E-state index contributed by atoms with van der Waals surface area (Å²) in [6.07, 6.45) is 7.92. The predicted octanol–water partition coefficient (Wildman–Crippen LogP) is 4.19. The van der Waals surface area contributed by atoms with Crippen molar-refractivity contribution in [2.45, 2.75) is 50.2 Å². The van der Waals surface area contributed by atoms with Crippen LogP contribution >= 0.6 is 11.8 Å². The first-order chi connectivity index (χ1) is 10.1. The number of nitrogens with two attached hydrogens (primary N) is 1. The first-order valence-electron chi connectivity index (χ1n) is 7.61. The van der Waals surface area contributed by atoms with Crippen LogP contribution in [0, 0.1) is 5.82 Å². The van der Waals surface area contributed by atoms with Crippen molar-refractivity contribution in [1.29, 1.82) is 0 Å². The fraction of sp³-hybridized carbons (Fsp3) is 0.562. The summed E-state index contributed by atoms with van der Waals surface area (Å²) < 4.78 is 13.5. The molecule has 3 nitrogen and oxygen atoms in total. The molecule has 1 aliphatic rings. The van der Waals surface area contributed by atoms with Crippen LogP contribution in [0.3, 0.4) is 0 Å². The zero-order valence-electron chi connectivity index (χ0n) is 12.2. The first kappa shape index (κ1) is 16.1. The van der Waals surface area contributed by atoms with E-state index in [4.69, 9.17) is 5.73 Å². The number of thioether (sulfide) groups is 1. The van der Waals surface area contributed by atoms with E-state index in [1.54, 1.807) is 0 Å². The Morgan fingerprint density at radius 1 is 1.33 bits per heavy atom. The summed E-state index contributed by atoms with van der Waals surface area (Å²) in [7, 11) is 0. The molecule has 2 rings (SSSR count). The number of nitrogens with one attached hydrogen (secondary N) is 1. The summed E-state index contributed by atoms with van der Waals surface area (Å²) in [5.41, 5.74) is 6.20. The maximum Gasteiger partial charge on any atom is 0.224 e. The smallest absolute Gasteiger partial charge is 0.224 e. The van der Waals surface area contributed by atoms with Gasteiger partial charge in [-0.15, -0.1) is 0 Å². The lowest BCUT2D eigenvalue weighted by Crippen LogP contribution is -2.13. The third-order valence-electron chi connectivity index (χ3n) is 3.72. The monoisotopic (exact) mass is 310 g/mol. The van der Waals surface area contributed by atoms with E-state index in [2.05, 4.69) is 5.32 Å². The van der Waals surface area contributed by atoms with Crippen LogP contribution in [0.5, 0.6) is 0 Å². The van der Waals surface area contributed by atoms with E-state index in [1.165, 1.54) is 50.3 Å². The van der Waals surface area contributed by atoms with Crippen molar-refractivity contribution in [3.63, 3.8) is 0 Å². The minimum absolute atomic E-state index is 0.149. The SMILES string of the molecule is Nc1ccc(F)c(NC(=O)CCCSC2CCCCC2)c1. The molecule has 0 spiro atoms. The highest BCUT2D eigenvalue weighted by molar-refractivity contribution is 7.99. The van der Waals surface area contributed by atoms with E-state index < -0.39 is 5.82 Å². The minimum atomic E-state index is -0.450. The fourth-order valence-electron chi connectivity index (χ4n) is 2.57. The second-order valence-corrected chi connectivity index (χ2v) is 6.93. The van der Waals surface area contributed by atoms with Crippen molar-refractivity contribution < 1.29 is 9.18 Å². The van der Waals surface area contributed by atoms with Crippen LogP contribution in [-0.2, 0) is 4.79 Å². The van der Waals surface area contributed by atoms with Gasteiger partial charge < -0.3 is 11.1 Å². The number of carbonyl (C=O) groups excluding carboxylic acids is 1. The molecule has 5 heteroatoms. The Kier molecular flexibility index (Phi) is 6.36. The zero-order valence-corrected chi connectivity index (χ0v) is 13.1. The summed E-state index contributed by atoms with van der Waals surface area (Å²) >= 11 is 1.98. The molecule has 1 fully saturated rings. The number of hydrogen-bond donors (Lipinski definition) is 2. The number of hydrogen-bond acceptors (Lipinski definition) is 3. The average Bonchev–Trinajstić information content (AvgIpc) is 2.48. The quantitative estimate of drug-likeness (QED) is 0.612. The maximum atomic E-state index is 13.5. The molecule has 0 aromatic heterocycles. The van der Waals surface area contributed by atoms with Gasteiger partial charge in [-0.2, -0.15) is 11.8 Å². The first-order valence-corrected chi connectivity index (χ1v) is 8.66. The number of anilines is 2. The lowest BCUT2D eigenvalue weighted by atomic mass is 10.0. The van der Waals surface area contributed by atoms with Crippen LogP contribution in [0.2, 0.25) is 0 Å². The normalized spacial score (nSPS) is 15.9. The number of halogens is 1. The second kappa shape index (κ2) is 8.27. The second-order valence-electron chi connectivity index (χ2n) is 5.52. The van der Waals surface area contributed by atoms with Crippen LogP contribution in [0.15, 0.2) is 18.2 Å². The van der Waals surface area contributed by atoms with Gasteiger partial charge in [0.15, 0.2) is 0 Å². The van der Waals surface area contributed by atoms with Gasteiger partial charge in [0, 0.05) is 17.4 Å². The topological polar surface area (TPSA) is 55.1 Å². The van der Waals surface area contributed by atoms with Crippen LogP contribution < -0.4 is 11.1 Å². The van der Waals surface area contributed by atoms with E-state index in [1.807, 2.05) is 11.8 Å². The molecule has 0 aliphatic heterocycles. The van der Waals surface area contributed by atoms with Crippen molar-refractivity contribution >= 4 is 29.0 Å². The molecule has 0 heterocycles. The Balaban J connectivity index is 1.66. The van der Waals surface area contributed by atoms with Gasteiger partial charge >= 0.3 is 0 Å². The van der Waals surface area contributed by atoms with E-state index in [0.717, 1.165) is 17.4 Å². The molecular formula is C16H23FN2OS. The molecule has 0 radical (unpaired) electrons. The molecule has 1 aromatic rings. The molecule has 3 N–H and O–H groups in total. The minimum Gasteiger partial charge on any atom is -0.399 e. The Morgan fingerprint density at radius 3 is 2.86 bits per heavy atom. The lowest BCUT2D eigenvalue weighted by Gasteiger charge is -2.20. The van der Waals surface area contributed by atoms with Crippen molar-refractivity contribution in [3.8, 4) is 0 Å². The molecular weight excluding hydrogens is 287 g/mol. The number of rotatable bonds is 6. The summed E-state index contributed by atoms with van der Waals surface area (Å²) in [6, 6.07) is 4.19. The van der Waals surface area contributed by atoms with Gasteiger partial charge in [-0.05, 0) is 43.2 Å². The van der Waals surface area contributed by atoms with Crippen molar-refractivity contribution in [3.05, 3.63) is 24.0 Å². The number of carbonyl (C=O) groups is 1. The molecule has 116 valence electrons. The highest BCUT2D eigenvalue weighted by Gasteiger charge is 2.13. The van der Waals surface area contributed by atoms with Crippen LogP contribution in [0.4, 0.5) is 15.8 Å². The molecule has 1 aromatic carbocycles. The fourth-order valence-corrected chi connectivity index (χ4v) is 3.88. The van der Waals surface area contributed by atoms with E-state index in [-0.39, 0.29) is 11.6 Å². The van der Waals surface area contributed by atoms with Gasteiger partial charge in [0.1, 0.15) is 5.82 Å². The third-order valence-corrected chi connectivity index (χ3v) is 5.19. The zero-order chi connectivity index (χ0) is 15.1. The van der Waals surface area contributed by atoms with Crippen molar-refractivity contribution in [2.24, 2.45) is 0 Å². The molecule has 1 aliphatic carbocycles. The van der Waals surface area contributed by atoms with Gasteiger partial charge in [0.2, 0.25) is 5.91 Å². The number of nitrogen functional groups attached to an aromatic ring is 1. The van der Waals surface area contributed by atoms with Crippen LogP contribution in [0.25, 0.3) is 0 Å². The van der Waals surface area contributed by atoms with Crippen LogP contribution in [0.1, 0.15) is 44.9 Å². The molecule has 0 bridgehead atoms. The molecule has 0 saturated heterocycles. The van der Waals surface area contributed by atoms with Crippen molar-refractivity contribution in [1.82, 2.24) is 0 Å². The summed E-state index contributed by atoms with van der Waals surface area (Å²) in [5, 5.41) is 3.36. The van der Waals surface area contributed by atoms with Gasteiger partial charge in [-0.3, -0.25) is 4.79 Å². The van der Waals surface area contributed by atoms with Gasteiger partial charge in [0.05, 0.1) is 5.69 Å². The molecule has 1 amide bonds. The standard InChI is InChI=1S/C16H23FN2OS/c17-14-9-8-12(18)11-15(14)19-16(20)7-4-10-21-13-5-2-1-3-6-13/h8-9,11,13H,1-7,10,18H2,(H,19,20). The lowest BCUT2D eigenvalue weighted by molar-refractivity contribution is -0.116. The number of benzene rings is 1. The van der Waals surface area contributed by atoms with E-state index in [9.17, 15) is 9.18 Å². The Bertz CT molecular complexity index is 475. The summed E-state index contributed by atoms with van der Waals surface area (Å²) in [6.45, 7) is 0. The van der Waals surface area contributed by atoms with E-state index >= 15 is 0 Å². The molecule has 0 atom stereocenters. The highest BCUT2D eigenvalue weighted by Crippen LogP contribution is 2.28.